The second kappa shape index (κ2) is 9.65. The number of carbonyl (C=O) groups is 4. The zero-order valence-corrected chi connectivity index (χ0v) is 12.7. The molecule has 0 aromatic rings. The summed E-state index contributed by atoms with van der Waals surface area (Å²) in [6.45, 7) is 1.12. The number of hydrogen-bond donors (Lipinski definition) is 4. The molecule has 0 rings (SSSR count). The van der Waals surface area contributed by atoms with Crippen molar-refractivity contribution < 1.29 is 29.4 Å². The molecule has 0 aliphatic heterocycles. The van der Waals surface area contributed by atoms with Gasteiger partial charge in [-0.3, -0.25) is 9.59 Å². The molecule has 2 unspecified atom stereocenters. The van der Waals surface area contributed by atoms with E-state index in [-0.39, 0.29) is 10.0 Å². The van der Waals surface area contributed by atoms with Crippen LogP contribution < -0.4 is 10.6 Å². The number of carboxylic acid groups (broad SMARTS) is 2. The quantitative estimate of drug-likeness (QED) is 0.310. The monoisotopic (exact) mass is 348 g/mol. The molecule has 0 aliphatic carbocycles. The molecule has 134 valence electrons. The molecule has 0 aliphatic rings. The van der Waals surface area contributed by atoms with Gasteiger partial charge in [-0.15, -0.1) is 9.81 Å². The summed E-state index contributed by atoms with van der Waals surface area (Å²) in [6.07, 6.45) is 0. The molecule has 0 spiro atoms. The minimum Gasteiger partial charge on any atom is -0.480 e. The predicted molar refractivity (Wildman–Crippen MR) is 76.3 cm³/mol. The van der Waals surface area contributed by atoms with Crippen molar-refractivity contribution in [1.82, 2.24) is 20.7 Å². The van der Waals surface area contributed by atoms with Gasteiger partial charge in [0.25, 0.3) is 0 Å². The molecule has 24 heavy (non-hydrogen) atoms. The van der Waals surface area contributed by atoms with Gasteiger partial charge in [-0.1, -0.05) is 0 Å². The van der Waals surface area contributed by atoms with Crippen LogP contribution in [0.25, 0.3) is 0 Å². The number of hydrogen-bond acceptors (Lipinski definition) is 8. The fraction of sp³-hybridized carbons (Fsp3) is 0.600. The van der Waals surface area contributed by atoms with Crippen LogP contribution in [0.3, 0.4) is 0 Å². The summed E-state index contributed by atoms with van der Waals surface area (Å²) >= 11 is 0. The highest BCUT2D eigenvalue weighted by Gasteiger charge is 2.24. The third-order valence-electron chi connectivity index (χ3n) is 2.61. The van der Waals surface area contributed by atoms with Crippen molar-refractivity contribution in [3.8, 4) is 0 Å². The Hall–Kier alpha value is -3.32. The molecule has 0 aromatic heterocycles. The van der Waals surface area contributed by atoms with E-state index in [1.807, 2.05) is 10.6 Å². The van der Waals surface area contributed by atoms with E-state index in [2.05, 4.69) is 10.6 Å². The molecule has 0 saturated carbocycles. The first kappa shape index (κ1) is 20.7. The van der Waals surface area contributed by atoms with Crippen LogP contribution in [0.15, 0.2) is 10.6 Å². The van der Waals surface area contributed by atoms with Gasteiger partial charge in [-0.25, -0.2) is 9.59 Å². The molecule has 0 saturated heterocycles. The van der Waals surface area contributed by atoms with Crippen LogP contribution >= 0.6 is 0 Å². The van der Waals surface area contributed by atoms with E-state index in [0.717, 1.165) is 13.8 Å². The standard InChI is InChI=1S/C10H16N6O8/c1-5(7(17)18)11-9(21)15(13-23)3-4-16(14-24)10(22)12-6(2)8(19)20/h5-6H,3-4H2,1-2H3,(H,11,21)(H,12,22)(H,17,18)(H,19,20). The third kappa shape index (κ3) is 6.63. The number of nitrogens with one attached hydrogen (secondary N) is 2. The van der Waals surface area contributed by atoms with Crippen molar-refractivity contribution in [3.63, 3.8) is 0 Å². The number of nitrogens with zero attached hydrogens (tertiary/aromatic N) is 4. The number of amides is 4. The topological polar surface area (TPSA) is 198 Å². The number of aliphatic carboxylic acids is 2. The first-order valence-corrected chi connectivity index (χ1v) is 6.42. The van der Waals surface area contributed by atoms with E-state index in [0.29, 0.717) is 0 Å². The lowest BCUT2D eigenvalue weighted by atomic mass is 10.3. The lowest BCUT2D eigenvalue weighted by molar-refractivity contribution is -0.139. The molecule has 4 amide bonds. The Labute approximate surface area is 134 Å². The third-order valence-corrected chi connectivity index (χ3v) is 2.61. The van der Waals surface area contributed by atoms with Gasteiger partial charge in [-0.2, -0.15) is 10.0 Å². The van der Waals surface area contributed by atoms with Crippen molar-refractivity contribution >= 4 is 24.0 Å². The SMILES string of the molecule is CC(NC(=O)N(CCN(N=O)C(=O)NC(C)C(=O)O)N=O)C(=O)O. The van der Waals surface area contributed by atoms with Gasteiger partial charge >= 0.3 is 24.0 Å². The number of urea groups is 2. The first-order valence-electron chi connectivity index (χ1n) is 6.42. The summed E-state index contributed by atoms with van der Waals surface area (Å²) < 4.78 is 0. The van der Waals surface area contributed by atoms with E-state index in [1.54, 1.807) is 0 Å². The molecule has 0 fully saturated rings. The van der Waals surface area contributed by atoms with Gasteiger partial charge in [0.15, 0.2) is 0 Å². The molecule has 14 heteroatoms. The average Bonchev–Trinajstić information content (AvgIpc) is 2.50. The average molecular weight is 348 g/mol. The van der Waals surface area contributed by atoms with Crippen LogP contribution in [0.1, 0.15) is 13.8 Å². The van der Waals surface area contributed by atoms with Gasteiger partial charge in [0, 0.05) is 0 Å². The van der Waals surface area contributed by atoms with Crippen LogP contribution in [0.4, 0.5) is 9.59 Å². The smallest absolute Gasteiger partial charge is 0.341 e. The maximum Gasteiger partial charge on any atom is 0.341 e. The Morgan fingerprint density at radius 3 is 1.33 bits per heavy atom. The molecule has 14 nitrogen and oxygen atoms in total. The molecule has 0 heterocycles. The lowest BCUT2D eigenvalue weighted by Gasteiger charge is -2.20. The van der Waals surface area contributed by atoms with Gasteiger partial charge in [0.2, 0.25) is 0 Å². The van der Waals surface area contributed by atoms with Crippen molar-refractivity contribution in [2.24, 2.45) is 10.6 Å². The zero-order valence-electron chi connectivity index (χ0n) is 12.7. The second-order valence-corrected chi connectivity index (χ2v) is 4.43. The number of carboxylic acids is 2. The van der Waals surface area contributed by atoms with E-state index in [9.17, 15) is 29.0 Å². The van der Waals surface area contributed by atoms with E-state index in [1.165, 1.54) is 0 Å². The molecule has 0 radical (unpaired) electrons. The van der Waals surface area contributed by atoms with Crippen molar-refractivity contribution in [3.05, 3.63) is 9.81 Å². The molecule has 4 N–H and O–H groups in total. The van der Waals surface area contributed by atoms with Gasteiger partial charge < -0.3 is 20.8 Å². The Balaban J connectivity index is 4.67. The number of carbonyl (C=O) groups excluding carboxylic acids is 2. The predicted octanol–water partition coefficient (Wildman–Crippen LogP) is -0.681. The highest BCUT2D eigenvalue weighted by atomic mass is 16.4. The van der Waals surface area contributed by atoms with Crippen molar-refractivity contribution in [1.29, 1.82) is 0 Å². The molecular weight excluding hydrogens is 332 g/mol. The summed E-state index contributed by atoms with van der Waals surface area (Å²) in [5.41, 5.74) is 0. The Kier molecular flexibility index (Phi) is 8.31. The number of nitroso groups, excluding NO2 is 2. The largest absolute Gasteiger partial charge is 0.480 e. The number of rotatable bonds is 9. The summed E-state index contributed by atoms with van der Waals surface area (Å²) in [5.74, 6) is -2.71. The minimum atomic E-state index is -1.35. The van der Waals surface area contributed by atoms with Gasteiger partial charge in [0.05, 0.1) is 23.7 Å². The van der Waals surface area contributed by atoms with E-state index >= 15 is 0 Å². The first-order chi connectivity index (χ1) is 11.1. The van der Waals surface area contributed by atoms with Crippen LogP contribution in [-0.4, -0.2) is 69.4 Å². The fourth-order valence-corrected chi connectivity index (χ4v) is 1.19. The summed E-state index contributed by atoms with van der Waals surface area (Å²) in [6, 6.07) is -4.93. The van der Waals surface area contributed by atoms with Crippen molar-refractivity contribution in [2.45, 2.75) is 25.9 Å². The summed E-state index contributed by atoms with van der Waals surface area (Å²) in [7, 11) is 0. The Morgan fingerprint density at radius 1 is 0.833 bits per heavy atom. The zero-order chi connectivity index (χ0) is 18.9. The summed E-state index contributed by atoms with van der Waals surface area (Å²) in [4.78, 5) is 65.5. The summed E-state index contributed by atoms with van der Waals surface area (Å²) in [5, 5.41) is 26.3. The Morgan fingerprint density at radius 2 is 1.12 bits per heavy atom. The second-order valence-electron chi connectivity index (χ2n) is 4.43. The molecule has 0 bridgehead atoms. The van der Waals surface area contributed by atoms with E-state index in [4.69, 9.17) is 10.2 Å². The van der Waals surface area contributed by atoms with Crippen LogP contribution in [-0.2, 0) is 9.59 Å². The maximum atomic E-state index is 11.6. The maximum absolute atomic E-state index is 11.6. The highest BCUT2D eigenvalue weighted by Crippen LogP contribution is 1.98. The van der Waals surface area contributed by atoms with Crippen LogP contribution in [0.2, 0.25) is 0 Å². The fourth-order valence-electron chi connectivity index (χ4n) is 1.19. The van der Waals surface area contributed by atoms with Crippen molar-refractivity contribution in [2.75, 3.05) is 13.1 Å². The highest BCUT2D eigenvalue weighted by molar-refractivity contribution is 5.83. The van der Waals surface area contributed by atoms with Gasteiger partial charge in [0.1, 0.15) is 12.1 Å². The Bertz CT molecular complexity index is 479. The minimum absolute atomic E-state index is 0.242. The molecule has 2 atom stereocenters. The van der Waals surface area contributed by atoms with E-state index < -0.39 is 49.2 Å². The van der Waals surface area contributed by atoms with Crippen LogP contribution in [0.5, 0.6) is 0 Å². The normalized spacial score (nSPS) is 12.2. The van der Waals surface area contributed by atoms with Gasteiger partial charge in [-0.05, 0) is 13.8 Å². The molecular formula is C10H16N6O8. The lowest BCUT2D eigenvalue weighted by Crippen LogP contribution is -2.49. The van der Waals surface area contributed by atoms with Crippen LogP contribution in [0, 0.1) is 9.81 Å². The molecule has 0 aromatic carbocycles.